The van der Waals surface area contributed by atoms with Crippen molar-refractivity contribution in [3.63, 3.8) is 0 Å². The molecule has 0 aromatic heterocycles. The summed E-state index contributed by atoms with van der Waals surface area (Å²) in [4.78, 5) is 10.4. The highest BCUT2D eigenvalue weighted by Crippen LogP contribution is 2.20. The Balaban J connectivity index is 2.71. The average Bonchev–Trinajstić information content (AvgIpc) is 2.04. The maximum absolute atomic E-state index is 10.4. The molecule has 0 spiro atoms. The maximum Gasteiger partial charge on any atom is 0.303 e. The lowest BCUT2D eigenvalue weighted by molar-refractivity contribution is -0.137. The molecule has 0 saturated heterocycles. The van der Waals surface area contributed by atoms with Crippen molar-refractivity contribution in [2.24, 2.45) is 0 Å². The molecule has 1 N–H and O–H groups in total. The molecule has 0 saturated carbocycles. The van der Waals surface area contributed by atoms with Gasteiger partial charge in [-0.05, 0) is 23.6 Å². The lowest BCUT2D eigenvalue weighted by Gasteiger charge is -2.08. The molecule has 1 aromatic rings. The molecule has 0 radical (unpaired) electrons. The fraction of sp³-hybridized carbons (Fsp3) is 0.300. The number of rotatable bonds is 3. The second kappa shape index (κ2) is 4.42. The van der Waals surface area contributed by atoms with E-state index in [2.05, 4.69) is 15.9 Å². The topological polar surface area (TPSA) is 37.3 Å². The van der Waals surface area contributed by atoms with Crippen LogP contribution in [0.2, 0.25) is 0 Å². The number of hydrogen-bond donors (Lipinski definition) is 1. The van der Waals surface area contributed by atoms with Crippen molar-refractivity contribution in [2.45, 2.75) is 19.3 Å². The largest absolute Gasteiger partial charge is 0.481 e. The van der Waals surface area contributed by atoms with Gasteiger partial charge in [-0.3, -0.25) is 4.79 Å². The quantitative estimate of drug-likeness (QED) is 0.885. The van der Waals surface area contributed by atoms with Gasteiger partial charge in [-0.25, -0.2) is 0 Å². The first-order chi connectivity index (χ1) is 6.09. The van der Waals surface area contributed by atoms with Crippen LogP contribution in [0.4, 0.5) is 0 Å². The van der Waals surface area contributed by atoms with Crippen molar-refractivity contribution in [3.05, 3.63) is 34.3 Å². The lowest BCUT2D eigenvalue weighted by Crippen LogP contribution is -2.02. The molecule has 0 aliphatic carbocycles. The predicted molar refractivity (Wildman–Crippen MR) is 54.8 cm³/mol. The van der Waals surface area contributed by atoms with Gasteiger partial charge in [0.1, 0.15) is 0 Å². The number of halogens is 1. The zero-order chi connectivity index (χ0) is 9.84. The van der Waals surface area contributed by atoms with Crippen LogP contribution in [0.5, 0.6) is 0 Å². The van der Waals surface area contributed by atoms with Crippen LogP contribution in [0.15, 0.2) is 28.7 Å². The molecule has 0 fully saturated rings. The standard InChI is InChI=1S/C10H11BrO2/c1-7(6-10(12)13)8-2-4-9(11)5-3-8/h2-5,7H,6H2,1H3,(H,12,13)/t7-/m0/s1. The highest BCUT2D eigenvalue weighted by atomic mass is 79.9. The summed E-state index contributed by atoms with van der Waals surface area (Å²) in [6.07, 6.45) is 0.182. The lowest BCUT2D eigenvalue weighted by atomic mass is 9.98. The van der Waals surface area contributed by atoms with Crippen LogP contribution in [0.25, 0.3) is 0 Å². The highest BCUT2D eigenvalue weighted by Gasteiger charge is 2.09. The summed E-state index contributed by atoms with van der Waals surface area (Å²) < 4.78 is 1.01. The number of benzene rings is 1. The van der Waals surface area contributed by atoms with Gasteiger partial charge in [0.15, 0.2) is 0 Å². The average molecular weight is 243 g/mol. The number of carboxylic acids is 1. The molecule has 0 unspecified atom stereocenters. The van der Waals surface area contributed by atoms with Crippen LogP contribution in [0, 0.1) is 0 Å². The van der Waals surface area contributed by atoms with Crippen molar-refractivity contribution in [2.75, 3.05) is 0 Å². The Hall–Kier alpha value is -0.830. The van der Waals surface area contributed by atoms with Crippen LogP contribution in [0.1, 0.15) is 24.8 Å². The van der Waals surface area contributed by atoms with Crippen LogP contribution < -0.4 is 0 Å². The Bertz CT molecular complexity index is 292. The minimum absolute atomic E-state index is 0.0746. The summed E-state index contributed by atoms with van der Waals surface area (Å²) in [5.74, 6) is -0.680. The molecule has 1 aromatic carbocycles. The molecule has 0 aliphatic heterocycles. The number of carbonyl (C=O) groups is 1. The molecule has 1 rings (SSSR count). The third-order valence-electron chi connectivity index (χ3n) is 1.92. The van der Waals surface area contributed by atoms with Gasteiger partial charge in [-0.15, -0.1) is 0 Å². The van der Waals surface area contributed by atoms with E-state index in [0.29, 0.717) is 0 Å². The van der Waals surface area contributed by atoms with Gasteiger partial charge in [0.2, 0.25) is 0 Å². The van der Waals surface area contributed by atoms with E-state index in [9.17, 15) is 4.79 Å². The summed E-state index contributed by atoms with van der Waals surface area (Å²) in [7, 11) is 0. The van der Waals surface area contributed by atoms with E-state index in [1.54, 1.807) is 0 Å². The SMILES string of the molecule is C[C@@H](CC(=O)O)c1ccc(Br)cc1. The van der Waals surface area contributed by atoms with Crippen molar-refractivity contribution >= 4 is 21.9 Å². The second-order valence-electron chi connectivity index (χ2n) is 3.05. The van der Waals surface area contributed by atoms with E-state index in [-0.39, 0.29) is 12.3 Å². The zero-order valence-electron chi connectivity index (χ0n) is 7.33. The first kappa shape index (κ1) is 10.3. The summed E-state index contributed by atoms with van der Waals surface area (Å²) in [5.41, 5.74) is 1.06. The third-order valence-corrected chi connectivity index (χ3v) is 2.45. The Morgan fingerprint density at radius 3 is 2.46 bits per heavy atom. The van der Waals surface area contributed by atoms with Gasteiger partial charge in [0, 0.05) is 4.47 Å². The van der Waals surface area contributed by atoms with Gasteiger partial charge in [-0.1, -0.05) is 35.0 Å². The minimum Gasteiger partial charge on any atom is -0.481 e. The normalized spacial score (nSPS) is 12.5. The van der Waals surface area contributed by atoms with Crippen LogP contribution in [-0.4, -0.2) is 11.1 Å². The van der Waals surface area contributed by atoms with Gasteiger partial charge in [0.05, 0.1) is 6.42 Å². The molecule has 1 atom stereocenters. The Kier molecular flexibility index (Phi) is 3.48. The van der Waals surface area contributed by atoms with E-state index in [0.717, 1.165) is 10.0 Å². The fourth-order valence-electron chi connectivity index (χ4n) is 1.17. The Morgan fingerprint density at radius 2 is 2.00 bits per heavy atom. The van der Waals surface area contributed by atoms with Gasteiger partial charge in [0.25, 0.3) is 0 Å². The molecule has 0 amide bonds. The first-order valence-electron chi connectivity index (χ1n) is 4.07. The molecule has 0 bridgehead atoms. The van der Waals surface area contributed by atoms with Crippen molar-refractivity contribution in [3.8, 4) is 0 Å². The molecule has 13 heavy (non-hydrogen) atoms. The molecular formula is C10H11BrO2. The van der Waals surface area contributed by atoms with Crippen molar-refractivity contribution in [1.82, 2.24) is 0 Å². The van der Waals surface area contributed by atoms with E-state index in [1.807, 2.05) is 31.2 Å². The number of carboxylic acid groups (broad SMARTS) is 1. The van der Waals surface area contributed by atoms with Gasteiger partial charge in [-0.2, -0.15) is 0 Å². The van der Waals surface area contributed by atoms with Gasteiger partial charge >= 0.3 is 5.97 Å². The summed E-state index contributed by atoms with van der Waals surface area (Å²) in [5, 5.41) is 8.59. The van der Waals surface area contributed by atoms with E-state index in [1.165, 1.54) is 0 Å². The van der Waals surface area contributed by atoms with Crippen LogP contribution >= 0.6 is 15.9 Å². The molecule has 3 heteroatoms. The monoisotopic (exact) mass is 242 g/mol. The Labute approximate surface area is 85.7 Å². The summed E-state index contributed by atoms with van der Waals surface area (Å²) in [6.45, 7) is 1.91. The molecule has 2 nitrogen and oxygen atoms in total. The fourth-order valence-corrected chi connectivity index (χ4v) is 1.44. The van der Waals surface area contributed by atoms with E-state index in [4.69, 9.17) is 5.11 Å². The van der Waals surface area contributed by atoms with E-state index >= 15 is 0 Å². The summed E-state index contributed by atoms with van der Waals surface area (Å²) in [6, 6.07) is 7.73. The van der Waals surface area contributed by atoms with E-state index < -0.39 is 5.97 Å². The smallest absolute Gasteiger partial charge is 0.303 e. The maximum atomic E-state index is 10.4. The van der Waals surface area contributed by atoms with Crippen LogP contribution in [-0.2, 0) is 4.79 Å². The predicted octanol–water partition coefficient (Wildman–Crippen LogP) is 3.03. The summed E-state index contributed by atoms with van der Waals surface area (Å²) >= 11 is 3.33. The molecular weight excluding hydrogens is 232 g/mol. The van der Waals surface area contributed by atoms with Gasteiger partial charge < -0.3 is 5.11 Å². The number of aliphatic carboxylic acids is 1. The molecule has 0 aliphatic rings. The minimum atomic E-state index is -0.754. The second-order valence-corrected chi connectivity index (χ2v) is 3.97. The molecule has 70 valence electrons. The number of hydrogen-bond acceptors (Lipinski definition) is 1. The highest BCUT2D eigenvalue weighted by molar-refractivity contribution is 9.10. The zero-order valence-corrected chi connectivity index (χ0v) is 8.91. The molecule has 0 heterocycles. The van der Waals surface area contributed by atoms with Crippen molar-refractivity contribution < 1.29 is 9.90 Å². The van der Waals surface area contributed by atoms with Crippen LogP contribution in [0.3, 0.4) is 0 Å². The Morgan fingerprint density at radius 1 is 1.46 bits per heavy atom. The first-order valence-corrected chi connectivity index (χ1v) is 4.86. The third kappa shape index (κ3) is 3.19. The van der Waals surface area contributed by atoms with Crippen molar-refractivity contribution in [1.29, 1.82) is 0 Å².